The molecule has 2 nitrogen and oxygen atoms in total. The van der Waals surface area contributed by atoms with E-state index in [1.165, 1.54) is 11.3 Å². The third-order valence-electron chi connectivity index (χ3n) is 2.28. The molecule has 13 heavy (non-hydrogen) atoms. The molecule has 0 fully saturated rings. The number of hydrogen-bond acceptors (Lipinski definition) is 2. The van der Waals surface area contributed by atoms with Gasteiger partial charge in [0.05, 0.1) is 18.4 Å². The van der Waals surface area contributed by atoms with Crippen molar-refractivity contribution in [3.63, 3.8) is 0 Å². The van der Waals surface area contributed by atoms with Crippen LogP contribution in [0, 0.1) is 0 Å². The summed E-state index contributed by atoms with van der Waals surface area (Å²) in [6.07, 6.45) is 0. The Kier molecular flexibility index (Phi) is 1.65. The normalized spacial score (nSPS) is 17.9. The van der Waals surface area contributed by atoms with Gasteiger partial charge in [-0.25, -0.2) is 0 Å². The van der Waals surface area contributed by atoms with Gasteiger partial charge in [0.2, 0.25) is 0 Å². The lowest BCUT2D eigenvalue weighted by Gasteiger charge is -2.01. The summed E-state index contributed by atoms with van der Waals surface area (Å²) in [5, 5.41) is 0. The number of ether oxygens (including phenoxy) is 1. The van der Waals surface area contributed by atoms with Crippen molar-refractivity contribution in [1.29, 1.82) is 0 Å². The molecule has 0 unspecified atom stereocenters. The minimum absolute atomic E-state index is 0.0641. The second kappa shape index (κ2) is 2.59. The molecular formula is C11H13NO. The van der Waals surface area contributed by atoms with E-state index in [4.69, 9.17) is 4.74 Å². The zero-order chi connectivity index (χ0) is 9.47. The SMILES string of the molecule is COc1ccc(C2=NC2(C)C)cc1. The predicted octanol–water partition coefficient (Wildman–Crippen LogP) is 2.28. The molecular weight excluding hydrogens is 162 g/mol. The van der Waals surface area contributed by atoms with Gasteiger partial charge in [0.15, 0.2) is 0 Å². The smallest absolute Gasteiger partial charge is 0.118 e. The van der Waals surface area contributed by atoms with Crippen LogP contribution in [0.3, 0.4) is 0 Å². The second-order valence-electron chi connectivity index (χ2n) is 3.75. The van der Waals surface area contributed by atoms with Gasteiger partial charge in [0.25, 0.3) is 0 Å². The van der Waals surface area contributed by atoms with Gasteiger partial charge in [-0.2, -0.15) is 0 Å². The van der Waals surface area contributed by atoms with Gasteiger partial charge in [-0.3, -0.25) is 4.99 Å². The summed E-state index contributed by atoms with van der Waals surface area (Å²) in [4.78, 5) is 4.39. The highest BCUT2D eigenvalue weighted by Crippen LogP contribution is 2.31. The summed E-state index contributed by atoms with van der Waals surface area (Å²) in [7, 11) is 1.67. The van der Waals surface area contributed by atoms with Gasteiger partial charge >= 0.3 is 0 Å². The van der Waals surface area contributed by atoms with E-state index in [1.54, 1.807) is 7.11 Å². The van der Waals surface area contributed by atoms with Gasteiger partial charge in [0, 0.05) is 0 Å². The van der Waals surface area contributed by atoms with Crippen LogP contribution in [-0.4, -0.2) is 18.4 Å². The molecule has 2 heteroatoms. The Hall–Kier alpha value is -1.31. The van der Waals surface area contributed by atoms with Crippen molar-refractivity contribution in [2.75, 3.05) is 7.11 Å². The third-order valence-corrected chi connectivity index (χ3v) is 2.28. The van der Waals surface area contributed by atoms with Gasteiger partial charge in [0.1, 0.15) is 5.75 Å². The van der Waals surface area contributed by atoms with Crippen LogP contribution < -0.4 is 4.74 Å². The standard InChI is InChI=1S/C11H13NO/c1-11(2)10(12-11)8-4-6-9(13-3)7-5-8/h4-7H,1-3H3. The van der Waals surface area contributed by atoms with Crippen molar-refractivity contribution in [1.82, 2.24) is 0 Å². The molecule has 0 amide bonds. The lowest BCUT2D eigenvalue weighted by atomic mass is 10.0. The Morgan fingerprint density at radius 2 is 1.69 bits per heavy atom. The number of aliphatic imine (C=N–C) groups is 1. The minimum atomic E-state index is 0.0641. The van der Waals surface area contributed by atoms with Crippen LogP contribution in [0.5, 0.6) is 5.75 Å². The Labute approximate surface area is 78.3 Å². The predicted molar refractivity (Wildman–Crippen MR) is 53.6 cm³/mol. The Bertz CT molecular complexity index is 349. The molecule has 1 aromatic rings. The molecule has 0 radical (unpaired) electrons. The average molecular weight is 175 g/mol. The van der Waals surface area contributed by atoms with Crippen LogP contribution in [0.1, 0.15) is 19.4 Å². The van der Waals surface area contributed by atoms with Crippen molar-refractivity contribution >= 4 is 5.71 Å². The summed E-state index contributed by atoms with van der Waals surface area (Å²) < 4.78 is 5.08. The molecule has 0 saturated carbocycles. The Morgan fingerprint density at radius 3 is 2.08 bits per heavy atom. The molecule has 1 aliphatic rings. The lowest BCUT2D eigenvalue weighted by molar-refractivity contribution is 0.415. The molecule has 1 aromatic carbocycles. The number of hydrogen-bond donors (Lipinski definition) is 0. The van der Waals surface area contributed by atoms with E-state index in [-0.39, 0.29) is 5.54 Å². The van der Waals surface area contributed by atoms with Crippen molar-refractivity contribution in [2.45, 2.75) is 19.4 Å². The van der Waals surface area contributed by atoms with E-state index in [0.717, 1.165) is 5.75 Å². The molecule has 1 aliphatic heterocycles. The molecule has 2 rings (SSSR count). The summed E-state index contributed by atoms with van der Waals surface area (Å²) in [5.74, 6) is 0.891. The van der Waals surface area contributed by atoms with Crippen LogP contribution in [-0.2, 0) is 0 Å². The Balaban J connectivity index is 2.21. The van der Waals surface area contributed by atoms with Gasteiger partial charge in [-0.15, -0.1) is 0 Å². The number of rotatable bonds is 2. The van der Waals surface area contributed by atoms with E-state index in [9.17, 15) is 0 Å². The highest BCUT2D eigenvalue weighted by Gasteiger charge is 2.37. The van der Waals surface area contributed by atoms with Crippen molar-refractivity contribution in [2.24, 2.45) is 4.99 Å². The molecule has 0 aliphatic carbocycles. The molecule has 0 atom stereocenters. The lowest BCUT2D eigenvalue weighted by Crippen LogP contribution is -2.08. The first-order valence-electron chi connectivity index (χ1n) is 4.38. The van der Waals surface area contributed by atoms with Crippen molar-refractivity contribution < 1.29 is 4.74 Å². The van der Waals surface area contributed by atoms with E-state index in [2.05, 4.69) is 18.8 Å². The van der Waals surface area contributed by atoms with Crippen LogP contribution in [0.25, 0.3) is 0 Å². The third kappa shape index (κ3) is 1.44. The van der Waals surface area contributed by atoms with Crippen molar-refractivity contribution in [3.8, 4) is 5.75 Å². The topological polar surface area (TPSA) is 21.6 Å². The number of nitrogens with zero attached hydrogens (tertiary/aromatic N) is 1. The first-order chi connectivity index (χ1) is 6.13. The molecule has 0 N–H and O–H groups in total. The van der Waals surface area contributed by atoms with Crippen LogP contribution >= 0.6 is 0 Å². The van der Waals surface area contributed by atoms with Crippen LogP contribution in [0.15, 0.2) is 29.3 Å². The van der Waals surface area contributed by atoms with Crippen LogP contribution in [0.2, 0.25) is 0 Å². The molecule has 0 aromatic heterocycles. The zero-order valence-corrected chi connectivity index (χ0v) is 8.16. The summed E-state index contributed by atoms with van der Waals surface area (Å²) in [6.45, 7) is 4.24. The first kappa shape index (κ1) is 8.30. The molecule has 1 heterocycles. The largest absolute Gasteiger partial charge is 0.497 e. The summed E-state index contributed by atoms with van der Waals surface area (Å²) in [6, 6.07) is 8.03. The van der Waals surface area contributed by atoms with E-state index in [1.807, 2.05) is 24.3 Å². The van der Waals surface area contributed by atoms with Gasteiger partial charge in [-0.1, -0.05) is 0 Å². The fourth-order valence-electron chi connectivity index (χ4n) is 1.42. The van der Waals surface area contributed by atoms with Gasteiger partial charge < -0.3 is 4.74 Å². The fraction of sp³-hybridized carbons (Fsp3) is 0.364. The van der Waals surface area contributed by atoms with Gasteiger partial charge in [-0.05, 0) is 43.7 Å². The van der Waals surface area contributed by atoms with E-state index in [0.29, 0.717) is 0 Å². The number of benzene rings is 1. The Morgan fingerprint density at radius 1 is 1.15 bits per heavy atom. The zero-order valence-electron chi connectivity index (χ0n) is 8.16. The van der Waals surface area contributed by atoms with Crippen molar-refractivity contribution in [3.05, 3.63) is 29.8 Å². The maximum atomic E-state index is 5.08. The first-order valence-corrected chi connectivity index (χ1v) is 4.38. The van der Waals surface area contributed by atoms with E-state index < -0.39 is 0 Å². The maximum absolute atomic E-state index is 5.08. The van der Waals surface area contributed by atoms with E-state index >= 15 is 0 Å². The number of methoxy groups -OCH3 is 1. The highest BCUT2D eigenvalue weighted by molar-refractivity contribution is 6.16. The summed E-state index contributed by atoms with van der Waals surface area (Å²) >= 11 is 0. The maximum Gasteiger partial charge on any atom is 0.118 e. The molecule has 0 saturated heterocycles. The van der Waals surface area contributed by atoms with Crippen LogP contribution in [0.4, 0.5) is 0 Å². The minimum Gasteiger partial charge on any atom is -0.497 e. The molecule has 0 bridgehead atoms. The second-order valence-corrected chi connectivity index (χ2v) is 3.75. The molecule has 68 valence electrons. The highest BCUT2D eigenvalue weighted by atomic mass is 16.5. The average Bonchev–Trinajstić information content (AvgIpc) is 2.76. The molecule has 0 spiro atoms. The fourth-order valence-corrected chi connectivity index (χ4v) is 1.42. The quantitative estimate of drug-likeness (QED) is 0.675. The summed E-state index contributed by atoms with van der Waals surface area (Å²) in [5.41, 5.74) is 2.45. The monoisotopic (exact) mass is 175 g/mol.